The lowest BCUT2D eigenvalue weighted by atomic mass is 9.65. The van der Waals surface area contributed by atoms with Gasteiger partial charge in [0.25, 0.3) is 5.91 Å². The topological polar surface area (TPSA) is 262 Å². The summed E-state index contributed by atoms with van der Waals surface area (Å²) in [6, 6.07) is 15.6. The van der Waals surface area contributed by atoms with Crippen LogP contribution in [0.2, 0.25) is 0 Å². The van der Waals surface area contributed by atoms with Gasteiger partial charge in [0.15, 0.2) is 23.2 Å². The van der Waals surface area contributed by atoms with E-state index in [1.54, 1.807) is 16.0 Å². The number of nitrogens with zero attached hydrogens (tertiary/aromatic N) is 8. The Labute approximate surface area is 543 Å². The molecule has 2 aromatic carbocycles. The summed E-state index contributed by atoms with van der Waals surface area (Å²) in [6.45, 7) is 22.9. The fraction of sp³-hybridized carbons (Fsp3) is 0.559. The van der Waals surface area contributed by atoms with Crippen LogP contribution in [-0.2, 0) is 53.2 Å². The molecule has 9 heterocycles. The van der Waals surface area contributed by atoms with Crippen molar-refractivity contribution in [2.45, 2.75) is 132 Å². The molecule has 3 N–H and O–H groups in total. The molecule has 23 nitrogen and oxygen atoms in total. The third kappa shape index (κ3) is 12.6. The molecule has 1 atom stereocenters. The second-order valence-electron chi connectivity index (χ2n) is 28.0. The maximum Gasteiger partial charge on any atom is 0.410 e. The Bertz CT molecular complexity index is 3660. The van der Waals surface area contributed by atoms with Crippen molar-refractivity contribution in [1.29, 1.82) is 0 Å². The molecule has 6 aliphatic heterocycles. The summed E-state index contributed by atoms with van der Waals surface area (Å²) < 4.78 is 33.6. The van der Waals surface area contributed by atoms with Crippen LogP contribution in [0.1, 0.15) is 123 Å². The number of piperidine rings is 1. The Morgan fingerprint density at radius 2 is 1.11 bits per heavy atom. The molecule has 3 aromatic heterocycles. The average Bonchev–Trinajstić information content (AvgIpc) is 1.50. The zero-order valence-electron chi connectivity index (χ0n) is 53.4. The van der Waals surface area contributed by atoms with Crippen LogP contribution in [0.25, 0.3) is 34.2 Å². The summed E-state index contributed by atoms with van der Waals surface area (Å²) in [5.74, 6) is 2.64. The zero-order valence-corrected chi connectivity index (χ0v) is 55.0. The number of likely N-dealkylation sites (tertiary alicyclic amines) is 2. The van der Waals surface area contributed by atoms with Crippen LogP contribution >= 0.6 is 15.9 Å². The lowest BCUT2D eigenvalue weighted by Crippen LogP contribution is -2.74. The van der Waals surface area contributed by atoms with Crippen LogP contribution in [0.4, 0.5) is 9.59 Å². The molecule has 5 saturated heterocycles. The molecule has 24 heteroatoms. The lowest BCUT2D eigenvalue weighted by molar-refractivity contribution is -0.153. The highest BCUT2D eigenvalue weighted by molar-refractivity contribution is 9.10. The normalized spacial score (nSPS) is 21.9. The Morgan fingerprint density at radius 3 is 1.61 bits per heavy atom. The van der Waals surface area contributed by atoms with E-state index in [1.807, 2.05) is 96.3 Å². The van der Waals surface area contributed by atoms with Crippen molar-refractivity contribution >= 4 is 51.5 Å². The Morgan fingerprint density at radius 1 is 0.630 bits per heavy atom. The lowest BCUT2D eigenvalue weighted by Gasteiger charge is -2.56. The van der Waals surface area contributed by atoms with E-state index in [0.29, 0.717) is 56.7 Å². The highest BCUT2D eigenvalue weighted by Crippen LogP contribution is 2.60. The van der Waals surface area contributed by atoms with Crippen LogP contribution in [0.5, 0.6) is 11.5 Å². The summed E-state index contributed by atoms with van der Waals surface area (Å²) in [6.07, 6.45) is 9.51. The van der Waals surface area contributed by atoms with Gasteiger partial charge < -0.3 is 53.8 Å². The number of amides is 4. The maximum atomic E-state index is 13.6. The fourth-order valence-electron chi connectivity index (χ4n) is 14.1. The third-order valence-electron chi connectivity index (χ3n) is 19.5. The molecular formula is C68H82BrN11O12. The summed E-state index contributed by atoms with van der Waals surface area (Å²) >= 11 is 3.43. The minimum Gasteiger partial charge on any atom is -0.492 e. The number of fused-ring (bicyclic) bond motifs is 9. The zero-order chi connectivity index (χ0) is 64.4. The fourth-order valence-corrected chi connectivity index (χ4v) is 14.6. The Kier molecular flexibility index (Phi) is 17.1. The van der Waals surface area contributed by atoms with Crippen molar-refractivity contribution in [3.05, 3.63) is 94.6 Å². The van der Waals surface area contributed by atoms with Crippen molar-refractivity contribution < 1.29 is 57.2 Å². The first-order valence-electron chi connectivity index (χ1n) is 32.4. The Balaban J connectivity index is 0.000000139. The van der Waals surface area contributed by atoms with E-state index in [4.69, 9.17) is 38.4 Å². The van der Waals surface area contributed by atoms with Gasteiger partial charge in [-0.05, 0) is 158 Å². The number of aromatic amines is 1. The van der Waals surface area contributed by atoms with Gasteiger partial charge in [-0.1, -0.05) is 15.9 Å². The minimum absolute atomic E-state index is 0.0247. The van der Waals surface area contributed by atoms with Gasteiger partial charge in [0.1, 0.15) is 41.6 Å². The summed E-state index contributed by atoms with van der Waals surface area (Å²) in [4.78, 5) is 105. The van der Waals surface area contributed by atoms with Gasteiger partial charge in [0.05, 0.1) is 76.5 Å². The predicted molar refractivity (Wildman–Crippen MR) is 342 cm³/mol. The van der Waals surface area contributed by atoms with Crippen LogP contribution in [0, 0.1) is 5.41 Å². The first-order chi connectivity index (χ1) is 44.0. The second-order valence-corrected chi connectivity index (χ2v) is 29.1. The van der Waals surface area contributed by atoms with E-state index in [-0.39, 0.29) is 57.8 Å². The molecule has 4 amide bonds. The molecule has 10 aliphatic rings. The number of rotatable bonds is 10. The molecule has 488 valence electrons. The third-order valence-corrected chi connectivity index (χ3v) is 20.3. The number of carbonyl (C=O) groups excluding carboxylic acids is 6. The minimum atomic E-state index is -0.572. The van der Waals surface area contributed by atoms with Crippen LogP contribution in [-0.4, -0.2) is 212 Å². The number of Topliss-reactive ketones (excluding diaryl/α,β-unsaturated/α-hetero) is 2. The first-order valence-corrected chi connectivity index (χ1v) is 33.3. The number of hydrogen-bond donors (Lipinski definition) is 3. The molecule has 1 unspecified atom stereocenters. The first kappa shape index (κ1) is 63.4. The average molecular weight is 1330 g/mol. The van der Waals surface area contributed by atoms with Gasteiger partial charge in [-0.25, -0.2) is 29.5 Å². The number of nitrogens with one attached hydrogen (secondary N) is 3. The number of aryl methyl sites for hydroxylation is 2. The van der Waals surface area contributed by atoms with Gasteiger partial charge >= 0.3 is 12.2 Å². The maximum absolute atomic E-state index is 13.6. The number of benzene rings is 2. The highest BCUT2D eigenvalue weighted by atomic mass is 79.9. The van der Waals surface area contributed by atoms with Gasteiger partial charge in [0, 0.05) is 94.7 Å². The van der Waals surface area contributed by atoms with Crippen molar-refractivity contribution in [1.82, 2.24) is 55.2 Å². The molecule has 7 fully saturated rings. The monoisotopic (exact) mass is 1320 g/mol. The molecule has 0 bridgehead atoms. The van der Waals surface area contributed by atoms with Gasteiger partial charge in [-0.2, -0.15) is 0 Å². The van der Waals surface area contributed by atoms with E-state index in [9.17, 15) is 28.8 Å². The van der Waals surface area contributed by atoms with Crippen LogP contribution in [0.3, 0.4) is 0 Å². The van der Waals surface area contributed by atoms with Gasteiger partial charge in [-0.3, -0.25) is 29.0 Å². The van der Waals surface area contributed by atoms with E-state index in [0.717, 1.165) is 179 Å². The van der Waals surface area contributed by atoms with Gasteiger partial charge in [-0.15, -0.1) is 0 Å². The number of morpholine rings is 2. The van der Waals surface area contributed by atoms with E-state index < -0.39 is 22.2 Å². The molecular weight excluding hydrogens is 1240 g/mol. The number of ether oxygens (including phenoxy) is 6. The molecule has 5 aromatic rings. The van der Waals surface area contributed by atoms with E-state index in [1.165, 1.54) is 0 Å². The number of ketones is 2. The summed E-state index contributed by atoms with van der Waals surface area (Å²) in [5.41, 5.74) is 5.99. The van der Waals surface area contributed by atoms with Crippen molar-refractivity contribution in [2.24, 2.45) is 5.41 Å². The number of hydrogen-bond acceptors (Lipinski definition) is 18. The van der Waals surface area contributed by atoms with Crippen LogP contribution < -0.4 is 20.1 Å². The van der Waals surface area contributed by atoms with Crippen molar-refractivity contribution in [2.75, 3.05) is 105 Å². The number of aromatic nitrogens is 5. The van der Waals surface area contributed by atoms with Gasteiger partial charge in [0.2, 0.25) is 5.91 Å². The molecule has 4 aliphatic carbocycles. The number of halogens is 1. The van der Waals surface area contributed by atoms with Crippen LogP contribution in [0.15, 0.2) is 60.9 Å². The van der Waals surface area contributed by atoms with E-state index >= 15 is 0 Å². The SMILES string of the molecule is CC(C)(C)OC(=O)N1CC2(C1)C(=O)CC(=O)NC21CC1.CC(C)(C)OC(=O)N1CC2(C1)c1[nH]c3c(c1C(=O)NC21CC1)CCc1cnc(-c2ccc(OCCN4CCOCC4)cc2)nc1-3.O=C1c2nc(-c3ccc(OCCN4CCOCC4)cc3)ncc2CCC1Br. The molecule has 92 heavy (non-hydrogen) atoms. The standard InChI is InChI=1S/C34H40N6O5.C20H22BrN3O3.C14H20N2O4/c1-32(2,3)45-31(42)40-19-33(20-40)28-25(30(41)38-34(33)10-11-34)24-9-6-22-18-35-29(37-26(22)27(24)36-28)21-4-7-23(8-5-21)44-17-14-39-12-15-43-16-13-39;21-17-6-3-15-13-22-20(23-18(15)19(17)25)14-1-4-16(5-2-14)27-12-9-24-7-10-26-11-8-24;1-12(2,3)20-11(19)16-7-13(8-16)9(17)6-10(18)15-14(13)4-5-14/h4-5,7-8,18,36H,6,9-17,19-20H2,1-3H3,(H,38,41);1-2,4-5,13,17H,3,6-12H2;4-8H2,1-3H3,(H,15,18). The molecule has 2 saturated carbocycles. The van der Waals surface area contributed by atoms with E-state index in [2.05, 4.69) is 51.3 Å². The summed E-state index contributed by atoms with van der Waals surface area (Å²) in [7, 11) is 0. The number of carbonyl (C=O) groups is 6. The van der Waals surface area contributed by atoms with Crippen molar-refractivity contribution in [3.8, 4) is 45.7 Å². The Hall–Kier alpha value is -7.38. The highest BCUT2D eigenvalue weighted by Gasteiger charge is 2.72. The molecule has 4 spiro atoms. The second kappa shape index (κ2) is 24.8. The number of alkyl halides is 1. The summed E-state index contributed by atoms with van der Waals surface area (Å²) in [5, 5.41) is 6.33. The molecule has 0 radical (unpaired) electrons. The smallest absolute Gasteiger partial charge is 0.410 e. The number of H-pyrrole nitrogens is 1. The largest absolute Gasteiger partial charge is 0.492 e. The van der Waals surface area contributed by atoms with Crippen molar-refractivity contribution in [3.63, 3.8) is 0 Å². The molecule has 15 rings (SSSR count). The quantitative estimate of drug-likeness (QED) is 0.0914. The predicted octanol–water partition coefficient (Wildman–Crippen LogP) is 7.30.